The number of primary sulfonamides is 1. The van der Waals surface area contributed by atoms with Crippen molar-refractivity contribution in [1.29, 1.82) is 0 Å². The number of anilines is 3. The predicted molar refractivity (Wildman–Crippen MR) is 106 cm³/mol. The molecular formula is C18H18N3NaO6S2. The van der Waals surface area contributed by atoms with Gasteiger partial charge in [-0.15, -0.1) is 0 Å². The van der Waals surface area contributed by atoms with Gasteiger partial charge >= 0.3 is 29.6 Å². The van der Waals surface area contributed by atoms with Crippen LogP contribution in [-0.4, -0.2) is 28.4 Å². The van der Waals surface area contributed by atoms with E-state index in [2.05, 4.69) is 5.32 Å². The molecule has 9 nitrogen and oxygen atoms in total. The molecule has 154 valence electrons. The third-order valence-electron chi connectivity index (χ3n) is 4.18. The number of nitrogens with one attached hydrogen (secondary N) is 1. The first-order chi connectivity index (χ1) is 13.6. The van der Waals surface area contributed by atoms with Gasteiger partial charge in [0.1, 0.15) is 20.8 Å². The maximum absolute atomic E-state index is 12.1. The van der Waals surface area contributed by atoms with Gasteiger partial charge in [0.15, 0.2) is 0 Å². The van der Waals surface area contributed by atoms with E-state index < -0.39 is 29.9 Å². The second kappa shape index (κ2) is 9.52. The molecule has 0 saturated carbocycles. The van der Waals surface area contributed by atoms with Crippen molar-refractivity contribution in [2.45, 2.75) is 16.3 Å². The Labute approximate surface area is 197 Å². The van der Waals surface area contributed by atoms with E-state index in [4.69, 9.17) is 9.56 Å². The van der Waals surface area contributed by atoms with Gasteiger partial charge in [-0.3, -0.25) is 0 Å². The molecule has 0 radical (unpaired) electrons. The van der Waals surface area contributed by atoms with Crippen LogP contribution in [0, 0.1) is 0 Å². The average molecular weight is 459 g/mol. The van der Waals surface area contributed by atoms with Crippen LogP contribution < -0.4 is 44.9 Å². The number of para-hydroxylation sites is 1. The largest absolute Gasteiger partial charge is 1.00 e. The fourth-order valence-corrected chi connectivity index (χ4v) is 4.28. The van der Waals surface area contributed by atoms with Gasteiger partial charge in [-0.25, -0.2) is 22.0 Å². The summed E-state index contributed by atoms with van der Waals surface area (Å²) in [6.45, 7) is 0.0821. The van der Waals surface area contributed by atoms with Crippen LogP contribution >= 0.6 is 0 Å². The summed E-state index contributed by atoms with van der Waals surface area (Å²) in [6, 6.07) is 14.1. The molecule has 0 aliphatic carbocycles. The first kappa shape index (κ1) is 24.4. The van der Waals surface area contributed by atoms with Gasteiger partial charge in [0, 0.05) is 12.7 Å². The molecule has 0 fully saturated rings. The van der Waals surface area contributed by atoms with Gasteiger partial charge in [0.2, 0.25) is 10.0 Å². The van der Waals surface area contributed by atoms with Crippen molar-refractivity contribution < 1.29 is 55.4 Å². The maximum atomic E-state index is 12.1. The summed E-state index contributed by atoms with van der Waals surface area (Å²) < 4.78 is 64.8. The number of furan rings is 1. The Bertz CT molecular complexity index is 1210. The summed E-state index contributed by atoms with van der Waals surface area (Å²) in [5, 5.41) is 8.11. The van der Waals surface area contributed by atoms with Gasteiger partial charge in [0.25, 0.3) is 0 Å². The number of rotatable bonds is 7. The summed E-state index contributed by atoms with van der Waals surface area (Å²) >= 11 is 0. The number of sulfonamides is 1. The Hall–Kier alpha value is -1.86. The molecule has 0 amide bonds. The topological polar surface area (TPSA) is 146 Å². The fourth-order valence-electron chi connectivity index (χ4n) is 2.77. The van der Waals surface area contributed by atoms with E-state index in [1.54, 1.807) is 49.5 Å². The molecule has 30 heavy (non-hydrogen) atoms. The number of nitrogens with zero attached hydrogens (tertiary/aromatic N) is 1. The third-order valence-corrected chi connectivity index (χ3v) is 5.99. The van der Waals surface area contributed by atoms with Crippen molar-refractivity contribution >= 4 is 37.2 Å². The molecule has 0 aliphatic rings. The third kappa shape index (κ3) is 5.64. The Morgan fingerprint density at radius 3 is 2.23 bits per heavy atom. The normalized spacial score (nSPS) is 11.6. The quantitative estimate of drug-likeness (QED) is 0.345. The van der Waals surface area contributed by atoms with Crippen LogP contribution in [0.1, 0.15) is 5.76 Å². The van der Waals surface area contributed by atoms with Crippen molar-refractivity contribution in [3.8, 4) is 0 Å². The minimum absolute atomic E-state index is 0. The molecule has 3 aromatic rings. The van der Waals surface area contributed by atoms with Crippen molar-refractivity contribution in [1.82, 2.24) is 0 Å². The van der Waals surface area contributed by atoms with Crippen LogP contribution in [0.25, 0.3) is 0 Å². The van der Waals surface area contributed by atoms with Crippen molar-refractivity contribution in [3.05, 3.63) is 66.6 Å². The zero-order valence-corrected chi connectivity index (χ0v) is 19.9. The zero-order chi connectivity index (χ0) is 21.2. The second-order valence-electron chi connectivity index (χ2n) is 6.14. The molecule has 0 unspecified atom stereocenters. The summed E-state index contributed by atoms with van der Waals surface area (Å²) in [5.74, 6) is 0.493. The van der Waals surface area contributed by atoms with E-state index in [0.717, 1.165) is 6.07 Å². The molecule has 0 atom stereocenters. The smallest absolute Gasteiger partial charge is 0.744 e. The van der Waals surface area contributed by atoms with Crippen LogP contribution in [-0.2, 0) is 26.7 Å². The summed E-state index contributed by atoms with van der Waals surface area (Å²) in [6.07, 6.45) is 1.45. The minimum Gasteiger partial charge on any atom is -0.744 e. The van der Waals surface area contributed by atoms with E-state index in [-0.39, 0.29) is 47.5 Å². The van der Waals surface area contributed by atoms with Gasteiger partial charge in [0.05, 0.1) is 29.1 Å². The van der Waals surface area contributed by atoms with E-state index in [1.807, 2.05) is 0 Å². The van der Waals surface area contributed by atoms with Gasteiger partial charge in [-0.05, 0) is 36.4 Å². The van der Waals surface area contributed by atoms with Gasteiger partial charge in [-0.1, -0.05) is 18.2 Å². The standard InChI is InChI=1S/C18H19N3O6S2.Na/c1-21(13-6-3-2-4-7-13)16-10-15(20-12-14-8-5-9-27-14)17(29(24,25)26)11-18(16)28(19,22)23;/h2-11,20H,12H2,1H3,(H2,19,22,23)(H,24,25,26);/q;+1/p-1. The maximum Gasteiger partial charge on any atom is 1.00 e. The number of benzene rings is 2. The van der Waals surface area contributed by atoms with Crippen molar-refractivity contribution in [3.63, 3.8) is 0 Å². The molecule has 1 heterocycles. The molecule has 0 bridgehead atoms. The number of hydrogen-bond donors (Lipinski definition) is 2. The van der Waals surface area contributed by atoms with Gasteiger partial charge < -0.3 is 19.2 Å². The average Bonchev–Trinajstić information content (AvgIpc) is 3.18. The van der Waals surface area contributed by atoms with Crippen molar-refractivity contribution in [2.75, 3.05) is 17.3 Å². The number of nitrogens with two attached hydrogens (primary N) is 1. The molecular weight excluding hydrogens is 441 g/mol. The van der Waals surface area contributed by atoms with Gasteiger partial charge in [-0.2, -0.15) is 0 Å². The molecule has 3 rings (SSSR count). The van der Waals surface area contributed by atoms with Crippen LogP contribution in [0.3, 0.4) is 0 Å². The first-order valence-corrected chi connectivity index (χ1v) is 11.2. The first-order valence-electron chi connectivity index (χ1n) is 8.29. The van der Waals surface area contributed by atoms with E-state index in [9.17, 15) is 21.4 Å². The Morgan fingerprint density at radius 2 is 1.70 bits per heavy atom. The molecule has 1 aromatic heterocycles. The van der Waals surface area contributed by atoms with Crippen LogP contribution in [0.5, 0.6) is 0 Å². The van der Waals surface area contributed by atoms with E-state index in [0.29, 0.717) is 11.4 Å². The summed E-state index contributed by atoms with van der Waals surface area (Å²) in [7, 11) is -7.73. The zero-order valence-electron chi connectivity index (χ0n) is 16.3. The Balaban J connectivity index is 0.00000320. The minimum atomic E-state index is -5.00. The van der Waals surface area contributed by atoms with E-state index in [1.165, 1.54) is 17.2 Å². The monoisotopic (exact) mass is 459 g/mol. The summed E-state index contributed by atoms with van der Waals surface area (Å²) in [5.41, 5.74) is 0.668. The van der Waals surface area contributed by atoms with E-state index >= 15 is 0 Å². The molecule has 3 N–H and O–H groups in total. The second-order valence-corrected chi connectivity index (χ2v) is 9.02. The number of hydrogen-bond acceptors (Lipinski definition) is 8. The summed E-state index contributed by atoms with van der Waals surface area (Å²) in [4.78, 5) is 0.319. The Morgan fingerprint density at radius 1 is 1.03 bits per heavy atom. The predicted octanol–water partition coefficient (Wildman–Crippen LogP) is -0.785. The Kier molecular flexibility index (Phi) is 7.74. The molecule has 12 heteroatoms. The fraction of sp³-hybridized carbons (Fsp3) is 0.111. The molecule has 2 aromatic carbocycles. The van der Waals surface area contributed by atoms with Crippen LogP contribution in [0.15, 0.2) is 75.1 Å². The van der Waals surface area contributed by atoms with Crippen molar-refractivity contribution in [2.24, 2.45) is 5.14 Å². The van der Waals surface area contributed by atoms with Crippen LogP contribution in [0.2, 0.25) is 0 Å². The molecule has 0 saturated heterocycles. The van der Waals surface area contributed by atoms with Crippen LogP contribution in [0.4, 0.5) is 17.1 Å². The molecule has 0 aliphatic heterocycles. The SMILES string of the molecule is CN(c1ccccc1)c1cc(NCc2ccco2)c(S(=O)(=O)[O-])cc1S(N)(=O)=O.[Na+]. The molecule has 0 spiro atoms.